The summed E-state index contributed by atoms with van der Waals surface area (Å²) in [6.07, 6.45) is 0. The fourth-order valence-corrected chi connectivity index (χ4v) is 0. The number of hydrogen-bond donors (Lipinski definition) is 0. The molecule has 0 bridgehead atoms. The van der Waals surface area contributed by atoms with Crippen LogP contribution in [0, 0.1) is 0 Å². The molecule has 0 rings (SSSR count). The predicted octanol–water partition coefficient (Wildman–Crippen LogP) is -0.924. The zero-order valence-electron chi connectivity index (χ0n) is 1.12. The molecular formula is H2CaFeNiV. The first-order chi connectivity index (χ1) is 0. The maximum atomic E-state index is 0. The van der Waals surface area contributed by atoms with Gasteiger partial charge in [-0.1, -0.05) is 0 Å². The smallest absolute Gasteiger partial charge is 0 e. The Hall–Kier alpha value is 2.86. The number of rotatable bonds is 0. The van der Waals surface area contributed by atoms with Gasteiger partial charge in [0.1, 0.15) is 0 Å². The van der Waals surface area contributed by atoms with Gasteiger partial charge in [0, 0.05) is 52.1 Å². The second-order valence-corrected chi connectivity index (χ2v) is 0. The Kier molecular flexibility index (Phi) is 122. The molecule has 4 heavy (non-hydrogen) atoms. The van der Waals surface area contributed by atoms with E-state index in [1.807, 2.05) is 0 Å². The zero-order chi connectivity index (χ0) is 0. The molecule has 0 aromatic carbocycles. The van der Waals surface area contributed by atoms with Crippen molar-refractivity contribution in [2.24, 2.45) is 0 Å². The summed E-state index contributed by atoms with van der Waals surface area (Å²) < 4.78 is 0. The van der Waals surface area contributed by atoms with Crippen molar-refractivity contribution in [3.63, 3.8) is 0 Å². The summed E-state index contributed by atoms with van der Waals surface area (Å²) in [6, 6.07) is 0. The first-order valence-electron chi connectivity index (χ1n) is 0. The van der Waals surface area contributed by atoms with Crippen molar-refractivity contribution in [3.8, 4) is 0 Å². The average Bonchev–Trinajstić information content (AvgIpc) is 0. The minimum atomic E-state index is 0. The third-order valence-corrected chi connectivity index (χ3v) is 0. The van der Waals surface area contributed by atoms with Crippen LogP contribution in [0.2, 0.25) is 0 Å². The summed E-state index contributed by atoms with van der Waals surface area (Å²) >= 11 is 0. The molecule has 0 N–H and O–H groups in total. The van der Waals surface area contributed by atoms with E-state index in [1.165, 1.54) is 0 Å². The normalized spacial score (nSPS) is 0. The Morgan fingerprint density at radius 3 is 1.00 bits per heavy atom. The largest absolute Gasteiger partial charge is 0 e. The Morgan fingerprint density at radius 2 is 1.00 bits per heavy atom. The summed E-state index contributed by atoms with van der Waals surface area (Å²) in [5.74, 6) is 0. The van der Waals surface area contributed by atoms with Gasteiger partial charge >= 0.3 is 37.7 Å². The summed E-state index contributed by atoms with van der Waals surface area (Å²) in [7, 11) is 0. The van der Waals surface area contributed by atoms with Gasteiger partial charge < -0.3 is 0 Å². The molecule has 0 unspecified atom stereocenters. The minimum absolute atomic E-state index is 0. The van der Waals surface area contributed by atoms with Crippen molar-refractivity contribution >= 4 is 37.7 Å². The molecule has 0 saturated heterocycles. The fourth-order valence-electron chi connectivity index (χ4n) is 0. The van der Waals surface area contributed by atoms with Gasteiger partial charge in [0.25, 0.3) is 0 Å². The Morgan fingerprint density at radius 1 is 1.00 bits per heavy atom. The molecule has 0 aliphatic rings. The van der Waals surface area contributed by atoms with Gasteiger partial charge in [-0.15, -0.1) is 0 Å². The van der Waals surface area contributed by atoms with E-state index in [0.29, 0.717) is 0 Å². The van der Waals surface area contributed by atoms with E-state index in [9.17, 15) is 0 Å². The summed E-state index contributed by atoms with van der Waals surface area (Å²) in [6.45, 7) is 0. The molecule has 0 spiro atoms. The maximum absolute atomic E-state index is 0. The van der Waals surface area contributed by atoms with E-state index in [-0.39, 0.29) is 89.9 Å². The van der Waals surface area contributed by atoms with E-state index < -0.39 is 0 Å². The molecule has 0 nitrogen and oxygen atoms in total. The quantitative estimate of drug-likeness (QED) is 0.451. The van der Waals surface area contributed by atoms with Gasteiger partial charge in [0.2, 0.25) is 0 Å². The van der Waals surface area contributed by atoms with Crippen LogP contribution in [-0.4, -0.2) is 37.7 Å². The van der Waals surface area contributed by atoms with Crippen LogP contribution in [-0.2, 0) is 52.1 Å². The van der Waals surface area contributed by atoms with Crippen molar-refractivity contribution in [3.05, 3.63) is 0 Å². The first-order valence-corrected chi connectivity index (χ1v) is 0. The summed E-state index contributed by atoms with van der Waals surface area (Å²) in [5.41, 5.74) is 0. The van der Waals surface area contributed by atoms with Crippen LogP contribution in [0.15, 0.2) is 0 Å². The third-order valence-electron chi connectivity index (χ3n) is 0. The zero-order valence-corrected chi connectivity index (χ0v) is 4.61. The van der Waals surface area contributed by atoms with Crippen molar-refractivity contribution < 1.29 is 52.1 Å². The van der Waals surface area contributed by atoms with Crippen LogP contribution in [0.25, 0.3) is 0 Å². The molecule has 0 fully saturated rings. The van der Waals surface area contributed by atoms with E-state index in [4.69, 9.17) is 0 Å². The monoisotopic (exact) mass is 207 g/mol. The van der Waals surface area contributed by atoms with E-state index >= 15 is 0 Å². The van der Waals surface area contributed by atoms with Crippen molar-refractivity contribution in [1.29, 1.82) is 0 Å². The van der Waals surface area contributed by atoms with Crippen molar-refractivity contribution in [2.45, 2.75) is 0 Å². The second-order valence-electron chi connectivity index (χ2n) is 0. The SMILES string of the molecule is [CaH2].[Fe].[Ni].[V]. The molecule has 0 aromatic rings. The van der Waals surface area contributed by atoms with Gasteiger partial charge in [0.15, 0.2) is 0 Å². The molecule has 0 atom stereocenters. The molecule has 4 heteroatoms. The van der Waals surface area contributed by atoms with Crippen LogP contribution < -0.4 is 0 Å². The van der Waals surface area contributed by atoms with E-state index in [2.05, 4.69) is 0 Å². The molecule has 0 aliphatic heterocycles. The Labute approximate surface area is 88.1 Å². The standard InChI is InChI=1S/Ca.Fe.Ni.V.2H. The fraction of sp³-hybridized carbons (Fsp3) is 0. The second kappa shape index (κ2) is 16.9. The van der Waals surface area contributed by atoms with Gasteiger partial charge in [0.05, 0.1) is 0 Å². The van der Waals surface area contributed by atoms with Crippen LogP contribution >= 0.6 is 0 Å². The maximum Gasteiger partial charge on any atom is 0 e. The molecule has 0 amide bonds. The molecule has 0 saturated carbocycles. The topological polar surface area (TPSA) is 0 Å². The average molecular weight is 208 g/mol. The van der Waals surface area contributed by atoms with Gasteiger partial charge in [-0.05, 0) is 0 Å². The third kappa shape index (κ3) is 8.85. The number of hydrogen-bond acceptors (Lipinski definition) is 0. The summed E-state index contributed by atoms with van der Waals surface area (Å²) in [4.78, 5) is 0. The molecule has 0 heterocycles. The summed E-state index contributed by atoms with van der Waals surface area (Å²) in [5, 5.41) is 0. The minimum Gasteiger partial charge on any atom is 0 e. The van der Waals surface area contributed by atoms with E-state index in [1.54, 1.807) is 0 Å². The predicted molar refractivity (Wildman–Crippen MR) is 8.54 cm³/mol. The van der Waals surface area contributed by atoms with Crippen LogP contribution in [0.4, 0.5) is 0 Å². The van der Waals surface area contributed by atoms with Gasteiger partial charge in [-0.2, -0.15) is 0 Å². The van der Waals surface area contributed by atoms with Gasteiger partial charge in [-0.3, -0.25) is 0 Å². The van der Waals surface area contributed by atoms with Crippen molar-refractivity contribution in [1.82, 2.24) is 0 Å². The molecule has 1 radical (unpaired) electrons. The molecule has 0 aliphatic carbocycles. The Balaban J connectivity index is 0. The Bertz CT molecular complexity index is 8.00. The molecular weight excluding hydrogens is 206 g/mol. The van der Waals surface area contributed by atoms with Crippen LogP contribution in [0.5, 0.6) is 0 Å². The van der Waals surface area contributed by atoms with Crippen LogP contribution in [0.1, 0.15) is 0 Å². The van der Waals surface area contributed by atoms with Crippen molar-refractivity contribution in [2.75, 3.05) is 0 Å². The van der Waals surface area contributed by atoms with Gasteiger partial charge in [-0.25, -0.2) is 0 Å². The first kappa shape index (κ1) is 28.8. The molecule has 27 valence electrons. The molecule has 0 aromatic heterocycles. The van der Waals surface area contributed by atoms with E-state index in [0.717, 1.165) is 0 Å². The van der Waals surface area contributed by atoms with Crippen LogP contribution in [0.3, 0.4) is 0 Å².